The number of anilines is 1. The average molecular weight is 261 g/mol. The van der Waals surface area contributed by atoms with Crippen molar-refractivity contribution in [3.63, 3.8) is 0 Å². The molecule has 1 N–H and O–H groups in total. The fourth-order valence-electron chi connectivity index (χ4n) is 2.27. The molecule has 0 bridgehead atoms. The highest BCUT2D eigenvalue weighted by molar-refractivity contribution is 7.22. The topological polar surface area (TPSA) is 45.2 Å². The van der Waals surface area contributed by atoms with Gasteiger partial charge in [0.05, 0.1) is 10.2 Å². The second kappa shape index (κ2) is 4.57. The molecule has 0 spiro atoms. The molecule has 0 saturated carbocycles. The number of amides is 1. The third kappa shape index (κ3) is 1.95. The van der Waals surface area contributed by atoms with Crippen LogP contribution < -0.4 is 5.32 Å². The number of likely N-dealkylation sites (tertiary alicyclic amines) is 1. The van der Waals surface area contributed by atoms with Gasteiger partial charge in [-0.05, 0) is 25.5 Å². The van der Waals surface area contributed by atoms with Crippen LogP contribution in [0.5, 0.6) is 0 Å². The summed E-state index contributed by atoms with van der Waals surface area (Å²) >= 11 is 1.60. The molecule has 0 aliphatic carbocycles. The van der Waals surface area contributed by atoms with Crippen molar-refractivity contribution in [2.45, 2.75) is 19.4 Å². The normalized spacial score (nSPS) is 19.7. The van der Waals surface area contributed by atoms with Gasteiger partial charge in [0.15, 0.2) is 5.13 Å². The van der Waals surface area contributed by atoms with Crippen molar-refractivity contribution in [1.82, 2.24) is 9.88 Å². The average Bonchev–Trinajstić information content (AvgIpc) is 2.94. The number of thiazole rings is 1. The summed E-state index contributed by atoms with van der Waals surface area (Å²) in [6, 6.07) is 7.92. The summed E-state index contributed by atoms with van der Waals surface area (Å²) in [6.07, 6.45) is 0.864. The largest absolute Gasteiger partial charge is 0.350 e. The molecule has 2 aromatic rings. The zero-order valence-electron chi connectivity index (χ0n) is 10.2. The van der Waals surface area contributed by atoms with Gasteiger partial charge in [0.25, 0.3) is 0 Å². The SMILES string of the molecule is CCN1CC[C@H](Nc2nc3ccccc3s2)C1=O. The van der Waals surface area contributed by atoms with E-state index in [1.165, 1.54) is 0 Å². The summed E-state index contributed by atoms with van der Waals surface area (Å²) in [6.45, 7) is 3.65. The Labute approximate surface area is 110 Å². The van der Waals surface area contributed by atoms with Crippen LogP contribution in [0.2, 0.25) is 0 Å². The van der Waals surface area contributed by atoms with E-state index < -0.39 is 0 Å². The minimum absolute atomic E-state index is 0.106. The maximum atomic E-state index is 12.0. The molecule has 3 rings (SSSR count). The number of aromatic nitrogens is 1. The first-order chi connectivity index (χ1) is 8.78. The fourth-order valence-corrected chi connectivity index (χ4v) is 3.19. The fraction of sp³-hybridized carbons (Fsp3) is 0.385. The van der Waals surface area contributed by atoms with Crippen LogP contribution in [0.4, 0.5) is 5.13 Å². The molecule has 1 amide bonds. The van der Waals surface area contributed by atoms with Crippen LogP contribution in [0.3, 0.4) is 0 Å². The van der Waals surface area contributed by atoms with E-state index in [0.29, 0.717) is 0 Å². The zero-order chi connectivity index (χ0) is 12.5. The number of likely N-dealkylation sites (N-methyl/N-ethyl adjacent to an activating group) is 1. The number of carbonyl (C=O) groups is 1. The predicted octanol–water partition coefficient (Wildman–Crippen LogP) is 2.33. The molecular weight excluding hydrogens is 246 g/mol. The molecule has 5 heteroatoms. The lowest BCUT2D eigenvalue weighted by molar-refractivity contribution is -0.128. The van der Waals surface area contributed by atoms with Gasteiger partial charge in [0.1, 0.15) is 6.04 Å². The number of nitrogens with zero attached hydrogens (tertiary/aromatic N) is 2. The Morgan fingerprint density at radius 1 is 1.50 bits per heavy atom. The highest BCUT2D eigenvalue weighted by atomic mass is 32.1. The van der Waals surface area contributed by atoms with Crippen LogP contribution in [-0.2, 0) is 4.79 Å². The zero-order valence-corrected chi connectivity index (χ0v) is 11.0. The van der Waals surface area contributed by atoms with Gasteiger partial charge in [0.2, 0.25) is 5.91 Å². The summed E-state index contributed by atoms with van der Waals surface area (Å²) < 4.78 is 1.15. The Kier molecular flexibility index (Phi) is 2.91. The molecular formula is C13H15N3OS. The van der Waals surface area contributed by atoms with Crippen molar-refractivity contribution in [1.29, 1.82) is 0 Å². The Morgan fingerprint density at radius 2 is 2.33 bits per heavy atom. The summed E-state index contributed by atoms with van der Waals surface area (Å²) in [5.74, 6) is 0.191. The van der Waals surface area contributed by atoms with Gasteiger partial charge >= 0.3 is 0 Å². The molecule has 2 heterocycles. The molecule has 1 atom stereocenters. The second-order valence-electron chi connectivity index (χ2n) is 4.39. The molecule has 1 saturated heterocycles. The monoisotopic (exact) mass is 261 g/mol. The van der Waals surface area contributed by atoms with Crippen LogP contribution in [0.25, 0.3) is 10.2 Å². The summed E-state index contributed by atoms with van der Waals surface area (Å²) in [5.41, 5.74) is 0.989. The summed E-state index contributed by atoms with van der Waals surface area (Å²) in [4.78, 5) is 18.4. The minimum atomic E-state index is -0.106. The number of benzene rings is 1. The number of carbonyl (C=O) groups excluding carboxylic acids is 1. The number of hydrogen-bond acceptors (Lipinski definition) is 4. The first-order valence-corrected chi connectivity index (χ1v) is 7.00. The predicted molar refractivity (Wildman–Crippen MR) is 73.9 cm³/mol. The molecule has 0 radical (unpaired) electrons. The van der Waals surface area contributed by atoms with E-state index in [9.17, 15) is 4.79 Å². The van der Waals surface area contributed by atoms with Gasteiger partial charge in [-0.1, -0.05) is 23.5 Å². The van der Waals surface area contributed by atoms with Crippen molar-refractivity contribution < 1.29 is 4.79 Å². The van der Waals surface area contributed by atoms with Crippen molar-refractivity contribution in [2.24, 2.45) is 0 Å². The van der Waals surface area contributed by atoms with Crippen LogP contribution >= 0.6 is 11.3 Å². The smallest absolute Gasteiger partial charge is 0.245 e. The summed E-state index contributed by atoms with van der Waals surface area (Å²) in [5, 5.41) is 4.10. The molecule has 1 aliphatic rings. The Hall–Kier alpha value is -1.62. The van der Waals surface area contributed by atoms with Crippen LogP contribution in [0, 0.1) is 0 Å². The van der Waals surface area contributed by atoms with Gasteiger partial charge in [-0.15, -0.1) is 0 Å². The Morgan fingerprint density at radius 3 is 3.06 bits per heavy atom. The third-order valence-corrected chi connectivity index (χ3v) is 4.24. The standard InChI is InChI=1S/C13H15N3OS/c1-2-16-8-7-10(12(16)17)15-13-14-9-5-3-4-6-11(9)18-13/h3-6,10H,2,7-8H2,1H3,(H,14,15)/t10-/m0/s1. The highest BCUT2D eigenvalue weighted by Gasteiger charge is 2.30. The highest BCUT2D eigenvalue weighted by Crippen LogP contribution is 2.27. The van der Waals surface area contributed by atoms with E-state index in [1.54, 1.807) is 11.3 Å². The van der Waals surface area contributed by atoms with Crippen LogP contribution in [0.15, 0.2) is 24.3 Å². The van der Waals surface area contributed by atoms with Gasteiger partial charge in [-0.25, -0.2) is 4.98 Å². The van der Waals surface area contributed by atoms with E-state index in [4.69, 9.17) is 0 Å². The number of rotatable bonds is 3. The van der Waals surface area contributed by atoms with Crippen LogP contribution in [0.1, 0.15) is 13.3 Å². The van der Waals surface area contributed by atoms with Crippen molar-refractivity contribution in [3.05, 3.63) is 24.3 Å². The molecule has 94 valence electrons. The van der Waals surface area contributed by atoms with E-state index in [0.717, 1.165) is 34.9 Å². The quantitative estimate of drug-likeness (QED) is 0.922. The molecule has 4 nitrogen and oxygen atoms in total. The number of para-hydroxylation sites is 1. The molecule has 1 aromatic heterocycles. The van der Waals surface area contributed by atoms with Gasteiger partial charge < -0.3 is 10.2 Å². The maximum absolute atomic E-state index is 12.0. The van der Waals surface area contributed by atoms with Gasteiger partial charge in [0, 0.05) is 13.1 Å². The molecule has 1 fully saturated rings. The third-order valence-electron chi connectivity index (χ3n) is 3.27. The molecule has 0 unspecified atom stereocenters. The first kappa shape index (κ1) is 11.5. The second-order valence-corrected chi connectivity index (χ2v) is 5.42. The lowest BCUT2D eigenvalue weighted by Crippen LogP contribution is -2.33. The van der Waals surface area contributed by atoms with E-state index in [2.05, 4.69) is 10.3 Å². The number of fused-ring (bicyclic) bond motifs is 1. The van der Waals surface area contributed by atoms with Crippen molar-refractivity contribution in [2.75, 3.05) is 18.4 Å². The molecule has 1 aromatic carbocycles. The lowest BCUT2D eigenvalue weighted by atomic mass is 10.2. The lowest BCUT2D eigenvalue weighted by Gasteiger charge is -2.13. The van der Waals surface area contributed by atoms with Gasteiger partial charge in [-0.2, -0.15) is 0 Å². The van der Waals surface area contributed by atoms with E-state index >= 15 is 0 Å². The molecule has 1 aliphatic heterocycles. The Balaban J connectivity index is 1.78. The minimum Gasteiger partial charge on any atom is -0.350 e. The van der Waals surface area contributed by atoms with Crippen LogP contribution in [-0.4, -0.2) is 34.9 Å². The summed E-state index contributed by atoms with van der Waals surface area (Å²) in [7, 11) is 0. The van der Waals surface area contributed by atoms with E-state index in [-0.39, 0.29) is 11.9 Å². The Bertz CT molecular complexity index is 547. The van der Waals surface area contributed by atoms with Crippen molar-refractivity contribution in [3.8, 4) is 0 Å². The van der Waals surface area contributed by atoms with Gasteiger partial charge in [-0.3, -0.25) is 4.79 Å². The van der Waals surface area contributed by atoms with E-state index in [1.807, 2.05) is 36.1 Å². The number of nitrogens with one attached hydrogen (secondary N) is 1. The maximum Gasteiger partial charge on any atom is 0.245 e. The van der Waals surface area contributed by atoms with Crippen molar-refractivity contribution >= 4 is 32.6 Å². The molecule has 18 heavy (non-hydrogen) atoms. The number of hydrogen-bond donors (Lipinski definition) is 1. The first-order valence-electron chi connectivity index (χ1n) is 6.19.